The number of nitrogens with one attached hydrogen (secondary N) is 2. The monoisotopic (exact) mass is 110 g/mol. The Balaban J connectivity index is 2.69. The normalized spacial score (nSPS) is 24.1. The highest BCUT2D eigenvalue weighted by Crippen LogP contribution is 2.05. The van der Waals surface area contributed by atoms with Crippen molar-refractivity contribution >= 4 is 5.84 Å². The van der Waals surface area contributed by atoms with Crippen molar-refractivity contribution < 1.29 is 0 Å². The molecule has 0 aliphatic carbocycles. The van der Waals surface area contributed by atoms with Crippen LogP contribution in [0.3, 0.4) is 0 Å². The van der Waals surface area contributed by atoms with Crippen LogP contribution in [0.15, 0.2) is 11.6 Å². The summed E-state index contributed by atoms with van der Waals surface area (Å²) < 4.78 is 0. The molecular formula is C6H10N2. The Kier molecular flexibility index (Phi) is 1.33. The van der Waals surface area contributed by atoms with Gasteiger partial charge >= 0.3 is 0 Å². The molecule has 1 fully saturated rings. The number of hydrogen-bond acceptors (Lipinski definition) is 1. The molecular weight excluding hydrogens is 100 g/mol. The fourth-order valence-electron chi connectivity index (χ4n) is 0.849. The standard InChI is InChI=1S/C6H10N2/c1-2-5-3-4-8-6(5)7/h2H,3-4H2,1H3,(H2,7,8)/b5-2-. The van der Waals surface area contributed by atoms with Crippen LogP contribution in [0.5, 0.6) is 0 Å². The Hall–Kier alpha value is -0.790. The lowest BCUT2D eigenvalue weighted by Gasteiger charge is -1.90. The topological polar surface area (TPSA) is 35.9 Å². The van der Waals surface area contributed by atoms with Crippen LogP contribution in [0.2, 0.25) is 0 Å². The van der Waals surface area contributed by atoms with E-state index < -0.39 is 0 Å². The summed E-state index contributed by atoms with van der Waals surface area (Å²) in [6.07, 6.45) is 3.01. The molecule has 0 aromatic carbocycles. The smallest absolute Gasteiger partial charge is 0.120 e. The number of amidine groups is 1. The van der Waals surface area contributed by atoms with E-state index in [4.69, 9.17) is 5.41 Å². The van der Waals surface area contributed by atoms with Gasteiger partial charge in [0, 0.05) is 6.54 Å². The number of allylic oxidation sites excluding steroid dienone is 1. The van der Waals surface area contributed by atoms with E-state index in [-0.39, 0.29) is 0 Å². The van der Waals surface area contributed by atoms with E-state index in [1.165, 1.54) is 0 Å². The molecule has 0 atom stereocenters. The minimum absolute atomic E-state index is 0.604. The molecule has 2 N–H and O–H groups in total. The molecule has 0 aromatic heterocycles. The molecule has 0 aromatic rings. The highest BCUT2D eigenvalue weighted by atomic mass is 15.0. The van der Waals surface area contributed by atoms with Gasteiger partial charge in [0.05, 0.1) is 0 Å². The molecule has 2 nitrogen and oxygen atoms in total. The molecule has 0 amide bonds. The lowest BCUT2D eigenvalue weighted by molar-refractivity contribution is 0.951. The highest BCUT2D eigenvalue weighted by Gasteiger charge is 2.09. The Labute approximate surface area is 49.1 Å². The van der Waals surface area contributed by atoms with E-state index in [1.807, 2.05) is 13.0 Å². The molecule has 0 unspecified atom stereocenters. The zero-order chi connectivity index (χ0) is 5.98. The second-order valence-electron chi connectivity index (χ2n) is 1.87. The molecule has 1 aliphatic rings. The molecule has 1 heterocycles. The van der Waals surface area contributed by atoms with Gasteiger partial charge in [-0.05, 0) is 18.9 Å². The molecule has 8 heavy (non-hydrogen) atoms. The van der Waals surface area contributed by atoms with Crippen molar-refractivity contribution in [1.82, 2.24) is 5.32 Å². The van der Waals surface area contributed by atoms with Crippen molar-refractivity contribution in [3.05, 3.63) is 11.6 Å². The van der Waals surface area contributed by atoms with Crippen LogP contribution < -0.4 is 5.32 Å². The highest BCUT2D eigenvalue weighted by molar-refractivity contribution is 5.97. The summed E-state index contributed by atoms with van der Waals surface area (Å²) in [5.74, 6) is 0.604. The van der Waals surface area contributed by atoms with E-state index in [1.54, 1.807) is 0 Å². The molecule has 0 radical (unpaired) electrons. The summed E-state index contributed by atoms with van der Waals surface area (Å²) in [5.41, 5.74) is 1.14. The molecule has 2 heteroatoms. The van der Waals surface area contributed by atoms with Crippen molar-refractivity contribution in [2.24, 2.45) is 0 Å². The predicted molar refractivity (Wildman–Crippen MR) is 34.1 cm³/mol. The van der Waals surface area contributed by atoms with Crippen molar-refractivity contribution in [1.29, 1.82) is 5.41 Å². The van der Waals surface area contributed by atoms with Crippen molar-refractivity contribution in [2.45, 2.75) is 13.3 Å². The maximum absolute atomic E-state index is 7.23. The van der Waals surface area contributed by atoms with Gasteiger partial charge in [-0.2, -0.15) is 0 Å². The first kappa shape index (κ1) is 5.35. The van der Waals surface area contributed by atoms with Gasteiger partial charge < -0.3 is 5.32 Å². The molecule has 1 aliphatic heterocycles. The lowest BCUT2D eigenvalue weighted by atomic mass is 10.2. The Bertz CT molecular complexity index is 135. The Morgan fingerprint density at radius 3 is 2.75 bits per heavy atom. The molecule has 0 bridgehead atoms. The summed E-state index contributed by atoms with van der Waals surface area (Å²) in [6.45, 7) is 2.91. The van der Waals surface area contributed by atoms with E-state index >= 15 is 0 Å². The maximum atomic E-state index is 7.23. The molecule has 0 spiro atoms. The van der Waals surface area contributed by atoms with E-state index in [0.717, 1.165) is 18.5 Å². The van der Waals surface area contributed by atoms with E-state index in [0.29, 0.717) is 5.84 Å². The zero-order valence-electron chi connectivity index (χ0n) is 4.99. The minimum atomic E-state index is 0.604. The Morgan fingerprint density at radius 2 is 2.50 bits per heavy atom. The molecule has 0 saturated carbocycles. The first-order valence-corrected chi connectivity index (χ1v) is 2.82. The Morgan fingerprint density at radius 1 is 1.75 bits per heavy atom. The third-order valence-corrected chi connectivity index (χ3v) is 1.37. The van der Waals surface area contributed by atoms with Gasteiger partial charge in [0.25, 0.3) is 0 Å². The van der Waals surface area contributed by atoms with Crippen molar-refractivity contribution in [2.75, 3.05) is 6.54 Å². The molecule has 1 rings (SSSR count). The average Bonchev–Trinajstić information content (AvgIpc) is 2.14. The summed E-state index contributed by atoms with van der Waals surface area (Å²) in [7, 11) is 0. The van der Waals surface area contributed by atoms with E-state index in [2.05, 4.69) is 5.32 Å². The number of rotatable bonds is 0. The van der Waals surface area contributed by atoms with Crippen LogP contribution in [0.25, 0.3) is 0 Å². The minimum Gasteiger partial charge on any atom is -0.370 e. The second-order valence-corrected chi connectivity index (χ2v) is 1.87. The maximum Gasteiger partial charge on any atom is 0.120 e. The van der Waals surface area contributed by atoms with Crippen LogP contribution in [0, 0.1) is 5.41 Å². The summed E-state index contributed by atoms with van der Waals surface area (Å²) in [6, 6.07) is 0. The van der Waals surface area contributed by atoms with Gasteiger partial charge in [0.1, 0.15) is 5.84 Å². The second kappa shape index (κ2) is 1.99. The number of hydrogen-bond donors (Lipinski definition) is 2. The largest absolute Gasteiger partial charge is 0.370 e. The third kappa shape index (κ3) is 0.735. The van der Waals surface area contributed by atoms with Crippen LogP contribution in [0.1, 0.15) is 13.3 Å². The zero-order valence-corrected chi connectivity index (χ0v) is 4.99. The van der Waals surface area contributed by atoms with Gasteiger partial charge in [0.2, 0.25) is 0 Å². The van der Waals surface area contributed by atoms with Gasteiger partial charge in [0.15, 0.2) is 0 Å². The first-order chi connectivity index (χ1) is 3.84. The van der Waals surface area contributed by atoms with Crippen LogP contribution in [0.4, 0.5) is 0 Å². The lowest BCUT2D eigenvalue weighted by Crippen LogP contribution is -2.12. The van der Waals surface area contributed by atoms with Gasteiger partial charge in [-0.1, -0.05) is 6.08 Å². The average molecular weight is 110 g/mol. The SMILES string of the molecule is C/C=C1/CCNC1=N. The van der Waals surface area contributed by atoms with Gasteiger partial charge in [-0.15, -0.1) is 0 Å². The summed E-state index contributed by atoms with van der Waals surface area (Å²) in [5, 5.41) is 10.2. The summed E-state index contributed by atoms with van der Waals surface area (Å²) in [4.78, 5) is 0. The van der Waals surface area contributed by atoms with Crippen molar-refractivity contribution in [3.8, 4) is 0 Å². The van der Waals surface area contributed by atoms with Crippen LogP contribution >= 0.6 is 0 Å². The fourth-order valence-corrected chi connectivity index (χ4v) is 0.849. The fraction of sp³-hybridized carbons (Fsp3) is 0.500. The van der Waals surface area contributed by atoms with Crippen molar-refractivity contribution in [3.63, 3.8) is 0 Å². The van der Waals surface area contributed by atoms with E-state index in [9.17, 15) is 0 Å². The third-order valence-electron chi connectivity index (χ3n) is 1.37. The first-order valence-electron chi connectivity index (χ1n) is 2.82. The van der Waals surface area contributed by atoms with Crippen LogP contribution in [-0.4, -0.2) is 12.4 Å². The van der Waals surface area contributed by atoms with Crippen LogP contribution in [-0.2, 0) is 0 Å². The quantitative estimate of drug-likeness (QED) is 0.477. The van der Waals surface area contributed by atoms with Gasteiger partial charge in [-0.25, -0.2) is 0 Å². The summed E-state index contributed by atoms with van der Waals surface area (Å²) >= 11 is 0. The van der Waals surface area contributed by atoms with Gasteiger partial charge in [-0.3, -0.25) is 5.41 Å². The molecule has 1 saturated heterocycles. The molecule has 44 valence electrons. The predicted octanol–water partition coefficient (Wildman–Crippen LogP) is 0.903.